The van der Waals surface area contributed by atoms with Gasteiger partial charge in [-0.2, -0.15) is 0 Å². The molecule has 0 spiro atoms. The molecular formula is C20H37N5O2. The lowest BCUT2D eigenvalue weighted by atomic mass is 10.2. The Hall–Kier alpha value is -2.02. The number of nitrogens with zero attached hydrogens (tertiary/aromatic N) is 2. The van der Waals surface area contributed by atoms with Crippen molar-refractivity contribution in [1.29, 1.82) is 0 Å². The van der Waals surface area contributed by atoms with Gasteiger partial charge in [0.1, 0.15) is 0 Å². The summed E-state index contributed by atoms with van der Waals surface area (Å²) in [5, 5.41) is 9.48. The maximum atomic E-state index is 11.9. The molecule has 0 aliphatic rings. The van der Waals surface area contributed by atoms with Gasteiger partial charge in [-0.05, 0) is 53.5 Å². The van der Waals surface area contributed by atoms with E-state index in [1.165, 1.54) is 6.26 Å². The second-order valence-electron chi connectivity index (χ2n) is 7.25. The third kappa shape index (κ3) is 8.47. The summed E-state index contributed by atoms with van der Waals surface area (Å²) in [6.07, 6.45) is 3.40. The fraction of sp³-hybridized carbons (Fsp3) is 0.700. The monoisotopic (exact) mass is 379 g/mol. The van der Waals surface area contributed by atoms with E-state index in [2.05, 4.69) is 53.5 Å². The molecule has 27 heavy (non-hydrogen) atoms. The smallest absolute Gasteiger partial charge is 0.287 e. The van der Waals surface area contributed by atoms with E-state index in [1.807, 2.05) is 6.92 Å². The molecule has 3 N–H and O–H groups in total. The van der Waals surface area contributed by atoms with Crippen LogP contribution in [0, 0.1) is 6.92 Å². The number of carbonyl (C=O) groups excluding carboxylic acids is 1. The predicted octanol–water partition coefficient (Wildman–Crippen LogP) is 2.38. The fourth-order valence-corrected chi connectivity index (χ4v) is 2.98. The molecule has 154 valence electrons. The zero-order valence-corrected chi connectivity index (χ0v) is 17.8. The fourth-order valence-electron chi connectivity index (χ4n) is 2.98. The van der Waals surface area contributed by atoms with Gasteiger partial charge >= 0.3 is 0 Å². The molecule has 0 aromatic carbocycles. The zero-order valence-electron chi connectivity index (χ0n) is 17.8. The molecule has 1 aromatic heterocycles. The first-order valence-electron chi connectivity index (χ1n) is 9.89. The van der Waals surface area contributed by atoms with Gasteiger partial charge in [0.25, 0.3) is 5.91 Å². The number of amides is 1. The Morgan fingerprint density at radius 3 is 2.19 bits per heavy atom. The number of furan rings is 1. The highest BCUT2D eigenvalue weighted by molar-refractivity contribution is 5.92. The minimum Gasteiger partial charge on any atom is -0.459 e. The van der Waals surface area contributed by atoms with E-state index in [-0.39, 0.29) is 5.91 Å². The molecule has 0 radical (unpaired) electrons. The molecule has 0 saturated heterocycles. The Bertz CT molecular complexity index is 573. The molecule has 1 aromatic rings. The van der Waals surface area contributed by atoms with Gasteiger partial charge in [-0.3, -0.25) is 14.7 Å². The number of hydrogen-bond acceptors (Lipinski definition) is 4. The molecule has 7 heteroatoms. The van der Waals surface area contributed by atoms with Crippen LogP contribution in [0.15, 0.2) is 21.7 Å². The Kier molecular flexibility index (Phi) is 10.6. The summed E-state index contributed by atoms with van der Waals surface area (Å²) in [7, 11) is 1.77. The minimum absolute atomic E-state index is 0.167. The molecule has 0 atom stereocenters. The van der Waals surface area contributed by atoms with E-state index in [0.717, 1.165) is 44.0 Å². The molecule has 0 unspecified atom stereocenters. The summed E-state index contributed by atoms with van der Waals surface area (Å²) >= 11 is 0. The van der Waals surface area contributed by atoms with Crippen molar-refractivity contribution >= 4 is 11.9 Å². The molecule has 0 aliphatic carbocycles. The normalized spacial score (nSPS) is 12.1. The maximum absolute atomic E-state index is 11.9. The Morgan fingerprint density at radius 1 is 1.07 bits per heavy atom. The molecule has 1 heterocycles. The lowest BCUT2D eigenvalue weighted by molar-refractivity contribution is 0.0925. The van der Waals surface area contributed by atoms with Gasteiger partial charge < -0.3 is 20.4 Å². The van der Waals surface area contributed by atoms with E-state index in [0.29, 0.717) is 24.4 Å². The average molecular weight is 380 g/mol. The van der Waals surface area contributed by atoms with Crippen molar-refractivity contribution in [2.45, 2.75) is 59.5 Å². The lowest BCUT2D eigenvalue weighted by Crippen LogP contribution is -2.41. The quantitative estimate of drug-likeness (QED) is 0.312. The summed E-state index contributed by atoms with van der Waals surface area (Å²) in [4.78, 5) is 18.7. The molecule has 1 rings (SSSR count). The second-order valence-corrected chi connectivity index (χ2v) is 7.25. The number of carbonyl (C=O) groups is 1. The summed E-state index contributed by atoms with van der Waals surface area (Å²) in [6.45, 7) is 14.1. The van der Waals surface area contributed by atoms with Crippen LogP contribution in [0.2, 0.25) is 0 Å². The SMILES string of the molecule is CN=C(NCCCNC(=O)c1occc1C)NCCCN(C(C)C)C(C)C. The van der Waals surface area contributed by atoms with E-state index in [1.54, 1.807) is 13.1 Å². The zero-order chi connectivity index (χ0) is 20.2. The van der Waals surface area contributed by atoms with Gasteiger partial charge in [0.2, 0.25) is 0 Å². The first kappa shape index (κ1) is 23.0. The highest BCUT2D eigenvalue weighted by Crippen LogP contribution is 2.08. The van der Waals surface area contributed by atoms with Crippen LogP contribution < -0.4 is 16.0 Å². The van der Waals surface area contributed by atoms with Crippen LogP contribution in [0.3, 0.4) is 0 Å². The molecule has 0 fully saturated rings. The number of guanidine groups is 1. The van der Waals surface area contributed by atoms with Crippen molar-refractivity contribution in [2.24, 2.45) is 4.99 Å². The summed E-state index contributed by atoms with van der Waals surface area (Å²) in [5.74, 6) is 1.01. The summed E-state index contributed by atoms with van der Waals surface area (Å²) < 4.78 is 5.18. The Balaban J connectivity index is 2.16. The van der Waals surface area contributed by atoms with Crippen molar-refractivity contribution in [1.82, 2.24) is 20.9 Å². The van der Waals surface area contributed by atoms with Crippen molar-refractivity contribution in [3.05, 3.63) is 23.7 Å². The van der Waals surface area contributed by atoms with E-state index >= 15 is 0 Å². The van der Waals surface area contributed by atoms with Gasteiger partial charge in [0.15, 0.2) is 11.7 Å². The molecule has 7 nitrogen and oxygen atoms in total. The lowest BCUT2D eigenvalue weighted by Gasteiger charge is -2.30. The number of nitrogens with one attached hydrogen (secondary N) is 3. The van der Waals surface area contributed by atoms with Gasteiger partial charge in [-0.1, -0.05) is 0 Å². The minimum atomic E-state index is -0.167. The topological polar surface area (TPSA) is 81.9 Å². The Labute approximate surface area is 164 Å². The van der Waals surface area contributed by atoms with E-state index in [9.17, 15) is 4.79 Å². The number of rotatable bonds is 11. The van der Waals surface area contributed by atoms with Gasteiger partial charge in [-0.25, -0.2) is 0 Å². The van der Waals surface area contributed by atoms with Gasteiger partial charge in [-0.15, -0.1) is 0 Å². The number of aliphatic imine (C=N–C) groups is 1. The predicted molar refractivity (Wildman–Crippen MR) is 111 cm³/mol. The molecular weight excluding hydrogens is 342 g/mol. The first-order chi connectivity index (χ1) is 12.9. The van der Waals surface area contributed by atoms with E-state index < -0.39 is 0 Å². The van der Waals surface area contributed by atoms with Crippen LogP contribution in [0.5, 0.6) is 0 Å². The van der Waals surface area contributed by atoms with Crippen LogP contribution in [0.1, 0.15) is 56.7 Å². The second kappa shape index (κ2) is 12.4. The maximum Gasteiger partial charge on any atom is 0.287 e. The Morgan fingerprint density at radius 2 is 1.67 bits per heavy atom. The number of aryl methyl sites for hydroxylation is 1. The largest absolute Gasteiger partial charge is 0.459 e. The molecule has 0 bridgehead atoms. The summed E-state index contributed by atoms with van der Waals surface area (Å²) in [6, 6.07) is 2.90. The van der Waals surface area contributed by atoms with Crippen LogP contribution in [0.25, 0.3) is 0 Å². The van der Waals surface area contributed by atoms with Gasteiger partial charge in [0.05, 0.1) is 6.26 Å². The highest BCUT2D eigenvalue weighted by atomic mass is 16.3. The van der Waals surface area contributed by atoms with E-state index in [4.69, 9.17) is 4.42 Å². The molecule has 0 saturated carbocycles. The van der Waals surface area contributed by atoms with Crippen molar-refractivity contribution in [2.75, 3.05) is 33.2 Å². The van der Waals surface area contributed by atoms with Crippen molar-refractivity contribution in [3.8, 4) is 0 Å². The van der Waals surface area contributed by atoms with Crippen LogP contribution >= 0.6 is 0 Å². The summed E-state index contributed by atoms with van der Waals surface area (Å²) in [5.41, 5.74) is 0.851. The molecule has 1 amide bonds. The first-order valence-corrected chi connectivity index (χ1v) is 9.89. The number of hydrogen-bond donors (Lipinski definition) is 3. The van der Waals surface area contributed by atoms with Crippen LogP contribution in [-0.2, 0) is 0 Å². The van der Waals surface area contributed by atoms with Crippen molar-refractivity contribution in [3.63, 3.8) is 0 Å². The van der Waals surface area contributed by atoms with Crippen LogP contribution in [-0.4, -0.2) is 62.1 Å². The highest BCUT2D eigenvalue weighted by Gasteiger charge is 2.13. The van der Waals surface area contributed by atoms with Gasteiger partial charge in [0, 0.05) is 50.9 Å². The third-order valence-corrected chi connectivity index (χ3v) is 4.44. The average Bonchev–Trinajstić information content (AvgIpc) is 3.04. The standard InChI is InChI=1S/C20H37N5O2/c1-15(2)25(16(3)4)13-8-12-24-20(21-6)23-11-7-10-22-19(26)18-17(5)9-14-27-18/h9,14-16H,7-8,10-13H2,1-6H3,(H,22,26)(H2,21,23,24). The third-order valence-electron chi connectivity index (χ3n) is 4.44. The molecule has 0 aliphatic heterocycles. The van der Waals surface area contributed by atoms with Crippen molar-refractivity contribution < 1.29 is 9.21 Å². The van der Waals surface area contributed by atoms with Crippen LogP contribution in [0.4, 0.5) is 0 Å².